The van der Waals surface area contributed by atoms with E-state index >= 15 is 0 Å². The molecular weight excluding hydrogens is 348 g/mol. The molecule has 1 aliphatic rings. The van der Waals surface area contributed by atoms with Gasteiger partial charge in [-0.15, -0.1) is 0 Å². The lowest BCUT2D eigenvalue weighted by atomic mass is 9.95. The van der Waals surface area contributed by atoms with Crippen LogP contribution in [0, 0.1) is 5.92 Å². The van der Waals surface area contributed by atoms with Crippen LogP contribution < -0.4 is 0 Å². The zero-order chi connectivity index (χ0) is 19.1. The summed E-state index contributed by atoms with van der Waals surface area (Å²) < 4.78 is 16.3. The molecule has 0 radical (unpaired) electrons. The predicted molar refractivity (Wildman–Crippen MR) is 97.8 cm³/mol. The first-order chi connectivity index (χ1) is 13.1. The monoisotopic (exact) mass is 372 g/mol. The zero-order valence-electron chi connectivity index (χ0n) is 14.9. The Morgan fingerprint density at radius 3 is 2.37 bits per heavy atom. The normalized spacial score (nSPS) is 24.7. The number of hydrogen-bond donors (Lipinski definition) is 2. The van der Waals surface area contributed by atoms with Gasteiger partial charge in [0.15, 0.2) is 6.29 Å². The summed E-state index contributed by atoms with van der Waals surface area (Å²) in [6, 6.07) is 18.4. The molecule has 2 aromatic rings. The summed E-state index contributed by atoms with van der Waals surface area (Å²) in [5, 5.41) is 20.0. The Bertz CT molecular complexity index is 705. The fourth-order valence-corrected chi connectivity index (χ4v) is 3.11. The van der Waals surface area contributed by atoms with Crippen LogP contribution in [0.25, 0.3) is 0 Å². The van der Waals surface area contributed by atoms with E-state index in [4.69, 9.17) is 14.2 Å². The maximum Gasteiger partial charge on any atom is 0.338 e. The Morgan fingerprint density at radius 1 is 1.00 bits per heavy atom. The Balaban J connectivity index is 1.47. The molecule has 1 heterocycles. The van der Waals surface area contributed by atoms with Crippen LogP contribution >= 0.6 is 0 Å². The number of rotatable bonds is 8. The van der Waals surface area contributed by atoms with E-state index in [1.54, 1.807) is 24.3 Å². The molecule has 0 aromatic heterocycles. The summed E-state index contributed by atoms with van der Waals surface area (Å²) in [5.41, 5.74) is 1.51. The number of carbonyl (C=O) groups is 1. The molecule has 0 bridgehead atoms. The lowest BCUT2D eigenvalue weighted by Gasteiger charge is -2.19. The van der Waals surface area contributed by atoms with E-state index < -0.39 is 24.5 Å². The van der Waals surface area contributed by atoms with E-state index in [0.717, 1.165) is 5.56 Å². The maximum absolute atomic E-state index is 12.1. The smallest absolute Gasteiger partial charge is 0.338 e. The van der Waals surface area contributed by atoms with Crippen molar-refractivity contribution < 1.29 is 29.2 Å². The molecule has 1 unspecified atom stereocenters. The van der Waals surface area contributed by atoms with Crippen LogP contribution in [0.1, 0.15) is 22.3 Å². The number of ether oxygens (including phenoxy) is 3. The molecule has 3 rings (SSSR count). The van der Waals surface area contributed by atoms with Crippen LogP contribution in [-0.4, -0.2) is 47.9 Å². The van der Waals surface area contributed by atoms with Crippen LogP contribution in [0.5, 0.6) is 0 Å². The molecule has 1 fully saturated rings. The van der Waals surface area contributed by atoms with Gasteiger partial charge in [0.1, 0.15) is 18.8 Å². The highest BCUT2D eigenvalue weighted by molar-refractivity contribution is 5.89. The highest BCUT2D eigenvalue weighted by Gasteiger charge is 2.43. The topological polar surface area (TPSA) is 85.2 Å². The van der Waals surface area contributed by atoms with Gasteiger partial charge < -0.3 is 24.4 Å². The summed E-state index contributed by atoms with van der Waals surface area (Å²) in [6.07, 6.45) is -2.42. The first-order valence-corrected chi connectivity index (χ1v) is 9.00. The number of aliphatic hydroxyl groups excluding tert-OH is 2. The van der Waals surface area contributed by atoms with Gasteiger partial charge in [0.25, 0.3) is 0 Å². The van der Waals surface area contributed by atoms with E-state index in [-0.39, 0.29) is 12.5 Å². The van der Waals surface area contributed by atoms with Crippen LogP contribution in [0.4, 0.5) is 0 Å². The third-order valence-corrected chi connectivity index (χ3v) is 4.62. The molecule has 0 saturated carbocycles. The van der Waals surface area contributed by atoms with Crippen molar-refractivity contribution >= 4 is 5.97 Å². The van der Waals surface area contributed by atoms with Gasteiger partial charge in [-0.3, -0.25) is 0 Å². The molecule has 4 atom stereocenters. The van der Waals surface area contributed by atoms with Crippen molar-refractivity contribution in [1.29, 1.82) is 0 Å². The lowest BCUT2D eigenvalue weighted by Crippen LogP contribution is -2.31. The fourth-order valence-electron chi connectivity index (χ4n) is 3.11. The molecule has 27 heavy (non-hydrogen) atoms. The first-order valence-electron chi connectivity index (χ1n) is 9.00. The first kappa shape index (κ1) is 19.5. The van der Waals surface area contributed by atoms with Crippen molar-refractivity contribution in [3.8, 4) is 0 Å². The minimum atomic E-state index is -1.29. The van der Waals surface area contributed by atoms with E-state index in [2.05, 4.69) is 0 Å². The van der Waals surface area contributed by atoms with Crippen LogP contribution in [0.2, 0.25) is 0 Å². The van der Waals surface area contributed by atoms with Crippen molar-refractivity contribution in [2.24, 2.45) is 5.92 Å². The summed E-state index contributed by atoms with van der Waals surface area (Å²) in [4.78, 5) is 12.1. The standard InChI is InChI=1S/C21H24O6/c22-19-17(11-12-25-13-15-7-3-1-4-8-15)18(27-21(19)24)14-26-20(23)16-9-5-2-6-10-16/h1-10,17-19,21-22,24H,11-14H2/t17-,18+,19?,21+/m0/s1. The summed E-state index contributed by atoms with van der Waals surface area (Å²) >= 11 is 0. The molecule has 6 heteroatoms. The summed E-state index contributed by atoms with van der Waals surface area (Å²) in [7, 11) is 0. The van der Waals surface area contributed by atoms with Crippen molar-refractivity contribution in [3.05, 3.63) is 71.8 Å². The maximum atomic E-state index is 12.1. The fraction of sp³-hybridized carbons (Fsp3) is 0.381. The molecule has 0 aliphatic carbocycles. The van der Waals surface area contributed by atoms with E-state index in [1.165, 1.54) is 0 Å². The minimum Gasteiger partial charge on any atom is -0.459 e. The molecule has 2 N–H and O–H groups in total. The highest BCUT2D eigenvalue weighted by Crippen LogP contribution is 2.29. The van der Waals surface area contributed by atoms with Gasteiger partial charge >= 0.3 is 5.97 Å². The van der Waals surface area contributed by atoms with E-state index in [0.29, 0.717) is 25.2 Å². The molecule has 2 aromatic carbocycles. The number of carbonyl (C=O) groups excluding carboxylic acids is 1. The molecule has 144 valence electrons. The molecular formula is C21H24O6. The van der Waals surface area contributed by atoms with Gasteiger partial charge in [-0.1, -0.05) is 48.5 Å². The Morgan fingerprint density at radius 2 is 1.67 bits per heavy atom. The quantitative estimate of drug-likeness (QED) is 0.546. The van der Waals surface area contributed by atoms with Crippen molar-refractivity contribution in [2.45, 2.75) is 31.5 Å². The predicted octanol–water partition coefficient (Wildman–Crippen LogP) is 2.14. The number of aliphatic hydroxyl groups is 2. The zero-order valence-corrected chi connectivity index (χ0v) is 14.9. The van der Waals surface area contributed by atoms with Crippen molar-refractivity contribution in [3.63, 3.8) is 0 Å². The molecule has 1 saturated heterocycles. The molecule has 1 aliphatic heterocycles. The third kappa shape index (κ3) is 5.37. The second kappa shape index (κ2) is 9.62. The van der Waals surface area contributed by atoms with Crippen molar-refractivity contribution in [2.75, 3.05) is 13.2 Å². The Hall–Kier alpha value is -2.25. The number of esters is 1. The SMILES string of the molecule is O=C(OC[C@H]1O[C@@H](O)C(O)[C@H]1CCOCc1ccccc1)c1ccccc1. The van der Waals surface area contributed by atoms with Crippen molar-refractivity contribution in [1.82, 2.24) is 0 Å². The van der Waals surface area contributed by atoms with Crippen LogP contribution in [0.15, 0.2) is 60.7 Å². The largest absolute Gasteiger partial charge is 0.459 e. The van der Waals surface area contributed by atoms with E-state index in [9.17, 15) is 15.0 Å². The summed E-state index contributed by atoms with van der Waals surface area (Å²) in [6.45, 7) is 0.835. The van der Waals surface area contributed by atoms with Crippen LogP contribution in [-0.2, 0) is 20.8 Å². The highest BCUT2D eigenvalue weighted by atomic mass is 16.6. The van der Waals surface area contributed by atoms with E-state index in [1.807, 2.05) is 36.4 Å². The Kier molecular flexibility index (Phi) is 6.95. The van der Waals surface area contributed by atoms with Gasteiger partial charge in [0, 0.05) is 12.5 Å². The average Bonchev–Trinajstić information content (AvgIpc) is 2.98. The molecule has 0 amide bonds. The Labute approximate surface area is 158 Å². The third-order valence-electron chi connectivity index (χ3n) is 4.62. The van der Waals surface area contributed by atoms with Gasteiger partial charge in [-0.05, 0) is 24.1 Å². The second-order valence-electron chi connectivity index (χ2n) is 6.51. The summed E-state index contributed by atoms with van der Waals surface area (Å²) in [5.74, 6) is -0.839. The minimum absolute atomic E-state index is 0.0365. The molecule has 6 nitrogen and oxygen atoms in total. The van der Waals surface area contributed by atoms with Crippen LogP contribution in [0.3, 0.4) is 0 Å². The second-order valence-corrected chi connectivity index (χ2v) is 6.51. The van der Waals surface area contributed by atoms with Gasteiger partial charge in [-0.25, -0.2) is 4.79 Å². The van der Waals surface area contributed by atoms with Gasteiger partial charge in [0.05, 0.1) is 12.2 Å². The van der Waals surface area contributed by atoms with Gasteiger partial charge in [0.2, 0.25) is 0 Å². The average molecular weight is 372 g/mol. The van der Waals surface area contributed by atoms with Gasteiger partial charge in [-0.2, -0.15) is 0 Å². The molecule has 0 spiro atoms. The number of hydrogen-bond acceptors (Lipinski definition) is 6. The number of benzene rings is 2. The lowest BCUT2D eigenvalue weighted by molar-refractivity contribution is -0.133.